The molecule has 1 unspecified atom stereocenters. The van der Waals surface area contributed by atoms with Gasteiger partial charge in [-0.15, -0.1) is 0 Å². The average molecular weight is 367 g/mol. The maximum absolute atomic E-state index is 14.7. The molecule has 0 saturated carbocycles. The van der Waals surface area contributed by atoms with E-state index in [0.29, 0.717) is 12.8 Å². The molecule has 5 heteroatoms. The number of halogens is 1. The second-order valence-electron chi connectivity index (χ2n) is 7.10. The van der Waals surface area contributed by atoms with E-state index in [1.807, 2.05) is 0 Å². The Hall–Kier alpha value is -0.160. The van der Waals surface area contributed by atoms with Crippen molar-refractivity contribution in [2.45, 2.75) is 122 Å². The molecule has 0 amide bonds. The van der Waals surface area contributed by atoms with Crippen molar-refractivity contribution in [1.29, 1.82) is 0 Å². The molecule has 0 aliphatic heterocycles. The van der Waals surface area contributed by atoms with Crippen molar-refractivity contribution in [3.8, 4) is 0 Å². The van der Waals surface area contributed by atoms with Crippen LogP contribution in [0.3, 0.4) is 0 Å². The summed E-state index contributed by atoms with van der Waals surface area (Å²) in [5.41, 5.74) is 0. The van der Waals surface area contributed by atoms with Gasteiger partial charge in [-0.3, -0.25) is 4.55 Å². The number of alkyl halides is 1. The van der Waals surface area contributed by atoms with Gasteiger partial charge in [0, 0.05) is 0 Å². The number of hydrogen-bond acceptors (Lipinski definition) is 2. The molecule has 0 rings (SSSR count). The molecule has 0 heterocycles. The minimum atomic E-state index is -4.63. The van der Waals surface area contributed by atoms with Crippen LogP contribution in [0.15, 0.2) is 0 Å². The Kier molecular flexibility index (Phi) is 14.0. The fourth-order valence-electron chi connectivity index (χ4n) is 3.08. The molecule has 0 spiro atoms. The van der Waals surface area contributed by atoms with Crippen molar-refractivity contribution < 1.29 is 17.4 Å². The molecule has 0 radical (unpaired) electrons. The van der Waals surface area contributed by atoms with Gasteiger partial charge in [0.15, 0.2) is 0 Å². The smallest absolute Gasteiger partial charge is 0.283 e. The van der Waals surface area contributed by atoms with E-state index in [0.717, 1.165) is 44.9 Å². The number of hydrogen-bond donors (Lipinski definition) is 1. The van der Waals surface area contributed by atoms with Crippen LogP contribution in [0.1, 0.15) is 117 Å². The molecular formula is C19H39FO3S. The van der Waals surface area contributed by atoms with Crippen LogP contribution in [-0.2, 0) is 10.1 Å². The highest BCUT2D eigenvalue weighted by molar-refractivity contribution is 7.87. The third-order valence-corrected chi connectivity index (χ3v) is 6.10. The molecule has 0 aromatic heterocycles. The van der Waals surface area contributed by atoms with Crippen molar-refractivity contribution >= 4 is 10.1 Å². The van der Waals surface area contributed by atoms with Crippen molar-refractivity contribution in [3.63, 3.8) is 0 Å². The van der Waals surface area contributed by atoms with Crippen LogP contribution in [0.2, 0.25) is 0 Å². The molecule has 3 nitrogen and oxygen atoms in total. The van der Waals surface area contributed by atoms with Gasteiger partial charge in [0.2, 0.25) is 5.00 Å². The lowest BCUT2D eigenvalue weighted by atomic mass is 10.0. The van der Waals surface area contributed by atoms with Crippen LogP contribution in [0.5, 0.6) is 0 Å². The first-order valence-corrected chi connectivity index (χ1v) is 11.5. The van der Waals surface area contributed by atoms with E-state index in [-0.39, 0.29) is 12.8 Å². The molecule has 0 saturated heterocycles. The Bertz CT molecular complexity index is 384. The van der Waals surface area contributed by atoms with Gasteiger partial charge in [-0.2, -0.15) is 8.42 Å². The van der Waals surface area contributed by atoms with E-state index in [2.05, 4.69) is 13.8 Å². The van der Waals surface area contributed by atoms with Crippen LogP contribution in [0, 0.1) is 0 Å². The van der Waals surface area contributed by atoms with E-state index in [1.165, 1.54) is 32.1 Å². The number of unbranched alkanes of at least 4 members (excludes halogenated alkanes) is 12. The van der Waals surface area contributed by atoms with Gasteiger partial charge in [0.1, 0.15) is 0 Å². The Morgan fingerprint density at radius 3 is 1.25 bits per heavy atom. The lowest BCUT2D eigenvalue weighted by Crippen LogP contribution is -2.33. The molecule has 146 valence electrons. The zero-order valence-electron chi connectivity index (χ0n) is 15.9. The van der Waals surface area contributed by atoms with E-state index in [9.17, 15) is 17.4 Å². The lowest BCUT2D eigenvalue weighted by molar-refractivity contribution is 0.203. The first-order chi connectivity index (χ1) is 11.4. The molecule has 0 aliphatic carbocycles. The minimum Gasteiger partial charge on any atom is -0.283 e. The van der Waals surface area contributed by atoms with Gasteiger partial charge in [0.05, 0.1) is 0 Å². The van der Waals surface area contributed by atoms with Crippen molar-refractivity contribution in [1.82, 2.24) is 0 Å². The summed E-state index contributed by atoms with van der Waals surface area (Å²) >= 11 is 0. The first-order valence-electron chi connectivity index (χ1n) is 10.0. The minimum absolute atomic E-state index is 0.0740. The summed E-state index contributed by atoms with van der Waals surface area (Å²) < 4.78 is 46.8. The van der Waals surface area contributed by atoms with Gasteiger partial charge >= 0.3 is 0 Å². The third kappa shape index (κ3) is 11.4. The SMILES string of the molecule is CCCCCCCCCCCC(F)(CCCCCCC)S(=O)(=O)O. The van der Waals surface area contributed by atoms with Crippen LogP contribution in [0.4, 0.5) is 4.39 Å². The van der Waals surface area contributed by atoms with Gasteiger partial charge in [-0.1, -0.05) is 90.9 Å². The first kappa shape index (κ1) is 23.8. The summed E-state index contributed by atoms with van der Waals surface area (Å²) in [6.07, 6.45) is 14.2. The summed E-state index contributed by atoms with van der Waals surface area (Å²) in [6.45, 7) is 4.30. The topological polar surface area (TPSA) is 54.4 Å². The maximum Gasteiger partial charge on any atom is 0.300 e. The summed E-state index contributed by atoms with van der Waals surface area (Å²) in [5.74, 6) is 0. The Labute approximate surface area is 149 Å². The van der Waals surface area contributed by atoms with Gasteiger partial charge in [-0.05, 0) is 25.7 Å². The maximum atomic E-state index is 14.7. The third-order valence-electron chi connectivity index (χ3n) is 4.77. The zero-order valence-corrected chi connectivity index (χ0v) is 16.7. The van der Waals surface area contributed by atoms with Crippen LogP contribution >= 0.6 is 0 Å². The normalized spacial score (nSPS) is 14.7. The molecule has 0 aliphatic rings. The number of rotatable bonds is 17. The van der Waals surface area contributed by atoms with E-state index in [4.69, 9.17) is 0 Å². The second kappa shape index (κ2) is 14.1. The predicted octanol–water partition coefficient (Wildman–Crippen LogP) is 6.82. The molecule has 0 aromatic rings. The molecule has 1 N–H and O–H groups in total. The molecule has 24 heavy (non-hydrogen) atoms. The monoisotopic (exact) mass is 366 g/mol. The Morgan fingerprint density at radius 2 is 0.958 bits per heavy atom. The average Bonchev–Trinajstić information content (AvgIpc) is 2.52. The van der Waals surface area contributed by atoms with Crippen molar-refractivity contribution in [3.05, 3.63) is 0 Å². The van der Waals surface area contributed by atoms with Crippen LogP contribution < -0.4 is 0 Å². The molecule has 1 atom stereocenters. The second-order valence-corrected chi connectivity index (χ2v) is 8.78. The quantitative estimate of drug-likeness (QED) is 0.227. The molecular weight excluding hydrogens is 327 g/mol. The largest absolute Gasteiger partial charge is 0.300 e. The summed E-state index contributed by atoms with van der Waals surface area (Å²) in [4.78, 5) is 0. The van der Waals surface area contributed by atoms with Crippen molar-refractivity contribution in [2.24, 2.45) is 0 Å². The zero-order chi connectivity index (χ0) is 18.3. The Balaban J connectivity index is 3.95. The fraction of sp³-hybridized carbons (Fsp3) is 1.00. The highest BCUT2D eigenvalue weighted by atomic mass is 32.2. The predicted molar refractivity (Wildman–Crippen MR) is 101 cm³/mol. The van der Waals surface area contributed by atoms with Crippen LogP contribution in [-0.4, -0.2) is 18.0 Å². The van der Waals surface area contributed by atoms with Gasteiger partial charge < -0.3 is 0 Å². The highest BCUT2D eigenvalue weighted by Gasteiger charge is 2.41. The lowest BCUT2D eigenvalue weighted by Gasteiger charge is -2.22. The summed E-state index contributed by atoms with van der Waals surface area (Å²) in [6, 6.07) is 0. The van der Waals surface area contributed by atoms with Gasteiger partial charge in [-0.25, -0.2) is 4.39 Å². The van der Waals surface area contributed by atoms with Gasteiger partial charge in [0.25, 0.3) is 10.1 Å². The van der Waals surface area contributed by atoms with E-state index >= 15 is 0 Å². The molecule has 0 aromatic carbocycles. The standard InChI is InChI=1S/C19H39FO3S/c1-3-5-7-9-10-11-12-14-16-18-19(20,24(21,22)23)17-15-13-8-6-4-2/h3-18H2,1-2H3,(H,21,22,23). The summed E-state index contributed by atoms with van der Waals surface area (Å²) in [7, 11) is -4.63. The fourth-order valence-corrected chi connectivity index (χ4v) is 3.88. The van der Waals surface area contributed by atoms with E-state index in [1.54, 1.807) is 0 Å². The van der Waals surface area contributed by atoms with E-state index < -0.39 is 15.1 Å². The van der Waals surface area contributed by atoms with Crippen LogP contribution in [0.25, 0.3) is 0 Å². The molecule has 0 bridgehead atoms. The Morgan fingerprint density at radius 1 is 0.667 bits per heavy atom. The summed E-state index contributed by atoms with van der Waals surface area (Å²) in [5, 5.41) is -2.44. The molecule has 0 fully saturated rings. The highest BCUT2D eigenvalue weighted by Crippen LogP contribution is 2.32. The van der Waals surface area contributed by atoms with Crippen molar-refractivity contribution in [2.75, 3.05) is 0 Å².